The van der Waals surface area contributed by atoms with Crippen LogP contribution < -0.4 is 5.32 Å². The maximum atomic E-state index is 2.89. The highest BCUT2D eigenvalue weighted by atomic mass is 31.0. The second-order valence-corrected chi connectivity index (χ2v) is 1.89. The molecule has 1 nitrogen and oxygen atoms in total. The molecule has 2 radical (unpaired) electrons. The van der Waals surface area contributed by atoms with Gasteiger partial charge in [-0.3, -0.25) is 0 Å². The predicted molar refractivity (Wildman–Crippen MR) is 29.9 cm³/mol. The third-order valence-corrected chi connectivity index (χ3v) is 1.01. The van der Waals surface area contributed by atoms with Crippen molar-refractivity contribution >= 4 is 9.24 Å². The monoisotopic (exact) mass is 99.0 g/mol. The van der Waals surface area contributed by atoms with E-state index in [1.807, 2.05) is 21.5 Å². The van der Waals surface area contributed by atoms with Gasteiger partial charge in [-0.1, -0.05) is 9.24 Å². The molecule has 0 aromatic rings. The predicted octanol–water partition coefficient (Wildman–Crippen LogP) is 0.281. The van der Waals surface area contributed by atoms with E-state index in [0.717, 1.165) is 0 Å². The second kappa shape index (κ2) is 1.53. The van der Waals surface area contributed by atoms with Crippen LogP contribution in [0.25, 0.3) is 0 Å². The van der Waals surface area contributed by atoms with Gasteiger partial charge in [0.2, 0.25) is 0 Å². The van der Waals surface area contributed by atoms with Crippen LogP contribution in [0.5, 0.6) is 0 Å². The van der Waals surface area contributed by atoms with Crippen molar-refractivity contribution in [2.24, 2.45) is 0 Å². The molecule has 1 aliphatic rings. The highest BCUT2D eigenvalue weighted by molar-refractivity contribution is 7.21. The Morgan fingerprint density at radius 3 is 2.83 bits per heavy atom. The summed E-state index contributed by atoms with van der Waals surface area (Å²) in [5, 5.41) is 2.81. The number of hydrogen-bond donors (Lipinski definition) is 1. The van der Waals surface area contributed by atoms with Gasteiger partial charge in [-0.25, -0.2) is 0 Å². The highest BCUT2D eigenvalue weighted by Crippen LogP contribution is 2.16. The lowest BCUT2D eigenvalue weighted by Crippen LogP contribution is -1.92. The molecule has 6 heavy (non-hydrogen) atoms. The van der Waals surface area contributed by atoms with E-state index in [9.17, 15) is 0 Å². The van der Waals surface area contributed by atoms with Gasteiger partial charge in [0.15, 0.2) is 0 Å². The van der Waals surface area contributed by atoms with E-state index in [-0.39, 0.29) is 0 Å². The Morgan fingerprint density at radius 1 is 1.83 bits per heavy atom. The number of hydrogen-bond acceptors (Lipinski definition) is 1. The van der Waals surface area contributed by atoms with Crippen molar-refractivity contribution in [3.8, 4) is 0 Å². The Morgan fingerprint density at radius 2 is 2.67 bits per heavy atom. The zero-order valence-corrected chi connectivity index (χ0v) is 4.78. The molecule has 0 spiro atoms. The van der Waals surface area contributed by atoms with E-state index in [1.54, 1.807) is 0 Å². The molecule has 1 rings (SSSR count). The van der Waals surface area contributed by atoms with Crippen molar-refractivity contribution in [1.29, 1.82) is 0 Å². The summed E-state index contributed by atoms with van der Waals surface area (Å²) in [4.78, 5) is 0. The van der Waals surface area contributed by atoms with Gasteiger partial charge < -0.3 is 5.32 Å². The minimum absolute atomic E-state index is 1.19. The van der Waals surface area contributed by atoms with E-state index in [1.165, 1.54) is 5.66 Å². The fraction of sp³-hybridized carbons (Fsp3) is 0. The molecule has 0 saturated carbocycles. The van der Waals surface area contributed by atoms with Crippen LogP contribution in [-0.4, -0.2) is 0 Å². The average Bonchev–Trinajstić information content (AvgIpc) is 1.86. The van der Waals surface area contributed by atoms with Crippen molar-refractivity contribution in [1.82, 2.24) is 5.32 Å². The van der Waals surface area contributed by atoms with Crippen molar-refractivity contribution in [2.75, 3.05) is 0 Å². The molecule has 1 atom stereocenters. The van der Waals surface area contributed by atoms with Gasteiger partial charge in [-0.2, -0.15) is 6.08 Å². The first-order valence-electron chi connectivity index (χ1n) is 1.76. The van der Waals surface area contributed by atoms with E-state index in [4.69, 9.17) is 0 Å². The zero-order valence-electron chi connectivity index (χ0n) is 3.36. The molecule has 0 aromatic heterocycles. The standard InChI is InChI=1S/C4H6NP/c6-4-1-2-5-3-4/h1-2,5H,6H3. The van der Waals surface area contributed by atoms with Gasteiger partial charge in [0.05, 0.1) is 0 Å². The molecule has 2 heteroatoms. The summed E-state index contributed by atoms with van der Waals surface area (Å²) >= 11 is 0. The molecular weight excluding hydrogens is 93.0 g/mol. The van der Waals surface area contributed by atoms with E-state index >= 15 is 0 Å². The molecule has 0 bridgehead atoms. The van der Waals surface area contributed by atoms with Crippen molar-refractivity contribution in [2.45, 2.75) is 0 Å². The molecule has 0 aromatic carbocycles. The summed E-state index contributed by atoms with van der Waals surface area (Å²) < 4.78 is 0. The van der Waals surface area contributed by atoms with Crippen LogP contribution in [0.15, 0.2) is 12.3 Å². The average molecular weight is 99.1 g/mol. The summed E-state index contributed by atoms with van der Waals surface area (Å²) in [7, 11) is 1.82. The smallest absolute Gasteiger partial charge is 0.0400 e. The van der Waals surface area contributed by atoms with Gasteiger partial charge in [0.1, 0.15) is 0 Å². The molecule has 0 amide bonds. The van der Waals surface area contributed by atoms with Gasteiger partial charge in [0.25, 0.3) is 0 Å². The molecule has 0 saturated heterocycles. The van der Waals surface area contributed by atoms with E-state index in [0.29, 0.717) is 0 Å². The number of nitrogens with one attached hydrogen (secondary N) is 1. The lowest BCUT2D eigenvalue weighted by Gasteiger charge is -1.94. The largest absolute Gasteiger partial charge is 0.469 e. The van der Waals surface area contributed by atoms with E-state index < -0.39 is 0 Å². The molecule has 1 N–H and O–H groups in total. The summed E-state index contributed by atoms with van der Waals surface area (Å²) in [6.07, 6.45) is 3.85. The fourth-order valence-corrected chi connectivity index (χ4v) is 0.538. The third kappa shape index (κ3) is 0.662. The molecule has 32 valence electrons. The zero-order chi connectivity index (χ0) is 4.41. The molecule has 0 fully saturated rings. The molecule has 1 aliphatic heterocycles. The van der Waals surface area contributed by atoms with E-state index in [2.05, 4.69) is 11.9 Å². The van der Waals surface area contributed by atoms with Gasteiger partial charge in [0, 0.05) is 6.54 Å². The normalized spacial score (nSPS) is 19.0. The summed E-state index contributed by atoms with van der Waals surface area (Å²) in [5.74, 6) is 0. The molecular formula is C4H6NP. The number of rotatable bonds is 0. The Hall–Kier alpha value is -0.160. The maximum Gasteiger partial charge on any atom is 0.0400 e. The Balaban J connectivity index is 2.38. The van der Waals surface area contributed by atoms with Gasteiger partial charge >= 0.3 is 0 Å². The van der Waals surface area contributed by atoms with Crippen molar-refractivity contribution in [3.63, 3.8) is 0 Å². The first-order chi connectivity index (χ1) is 2.89. The van der Waals surface area contributed by atoms with Crippen LogP contribution in [0.3, 0.4) is 0 Å². The second-order valence-electron chi connectivity index (χ2n) is 1.13. The summed E-state index contributed by atoms with van der Waals surface area (Å²) in [5.41, 5.74) is 1.19. The minimum atomic E-state index is 1.19. The molecule has 1 unspecified atom stereocenters. The SMILES string of the molecule is [PH3+][C-]1[C]NC=C1. The highest BCUT2D eigenvalue weighted by Gasteiger charge is 1.92. The lowest BCUT2D eigenvalue weighted by molar-refractivity contribution is 1.13. The first-order valence-corrected chi connectivity index (χ1v) is 2.47. The van der Waals surface area contributed by atoms with Crippen molar-refractivity contribution in [3.05, 3.63) is 24.5 Å². The molecule has 0 aliphatic carbocycles. The topological polar surface area (TPSA) is 12.0 Å². The first kappa shape index (κ1) is 4.01. The van der Waals surface area contributed by atoms with Crippen LogP contribution in [0.2, 0.25) is 0 Å². The van der Waals surface area contributed by atoms with Crippen LogP contribution in [0.1, 0.15) is 0 Å². The Labute approximate surface area is 40.0 Å². The van der Waals surface area contributed by atoms with Crippen LogP contribution in [0, 0.1) is 12.2 Å². The fourth-order valence-electron chi connectivity index (χ4n) is 0.318. The van der Waals surface area contributed by atoms with Crippen LogP contribution in [0.4, 0.5) is 0 Å². The maximum absolute atomic E-state index is 2.89. The summed E-state index contributed by atoms with van der Waals surface area (Å²) in [6, 6.07) is 0. The Kier molecular flexibility index (Phi) is 1.02. The Bertz CT molecular complexity index is 69.9. The van der Waals surface area contributed by atoms with Crippen LogP contribution in [-0.2, 0) is 0 Å². The molecule has 1 heterocycles. The van der Waals surface area contributed by atoms with Crippen LogP contribution >= 0.6 is 9.24 Å². The summed E-state index contributed by atoms with van der Waals surface area (Å²) in [6.45, 7) is 2.89. The minimum Gasteiger partial charge on any atom is -0.469 e. The van der Waals surface area contributed by atoms with Crippen molar-refractivity contribution < 1.29 is 0 Å². The third-order valence-electron chi connectivity index (χ3n) is 0.601. The quantitative estimate of drug-likeness (QED) is 0.340. The van der Waals surface area contributed by atoms with Gasteiger partial charge in [-0.15, -0.1) is 6.20 Å². The van der Waals surface area contributed by atoms with Gasteiger partial charge in [-0.05, 0) is 5.66 Å². The lowest BCUT2D eigenvalue weighted by atomic mass is 10.5.